The molecule has 11 rings (SSSR count). The van der Waals surface area contributed by atoms with Crippen LogP contribution >= 0.6 is 11.3 Å². The number of hydrogen-bond donors (Lipinski definition) is 0. The van der Waals surface area contributed by atoms with Crippen molar-refractivity contribution in [3.63, 3.8) is 0 Å². The van der Waals surface area contributed by atoms with E-state index >= 15 is 0 Å². The Kier molecular flexibility index (Phi) is 10.2. The lowest BCUT2D eigenvalue weighted by Crippen LogP contribution is -2.04. The van der Waals surface area contributed by atoms with Crippen LogP contribution < -0.4 is 0 Å². The highest BCUT2D eigenvalue weighted by Gasteiger charge is 2.18. The molecule has 0 unspecified atom stereocenters. The third kappa shape index (κ3) is 7.32. The number of nitrogens with zero attached hydrogens (tertiary/aromatic N) is 2. The Morgan fingerprint density at radius 2 is 0.891 bits per heavy atom. The topological polar surface area (TPSA) is 24.7 Å². The van der Waals surface area contributed by atoms with Crippen molar-refractivity contribution in [1.82, 2.24) is 0 Å². The molecule has 0 aliphatic carbocycles. The fourth-order valence-corrected chi connectivity index (χ4v) is 10.3. The molecule has 0 radical (unpaired) electrons. The summed E-state index contributed by atoms with van der Waals surface area (Å²) in [4.78, 5) is 10.6. The van der Waals surface area contributed by atoms with Crippen molar-refractivity contribution >= 4 is 70.3 Å². The second-order valence-corrected chi connectivity index (χ2v) is 17.2. The van der Waals surface area contributed by atoms with Gasteiger partial charge in [-0.2, -0.15) is 0 Å². The molecular formula is C61H42N2S. The second-order valence-electron chi connectivity index (χ2n) is 16.2. The normalized spacial score (nSPS) is 12.1. The van der Waals surface area contributed by atoms with E-state index in [-0.39, 0.29) is 0 Å². The van der Waals surface area contributed by atoms with Crippen molar-refractivity contribution in [3.8, 4) is 44.5 Å². The Hall–Kier alpha value is -7.98. The maximum atomic E-state index is 5.32. The summed E-state index contributed by atoms with van der Waals surface area (Å²) >= 11 is 1.84. The van der Waals surface area contributed by atoms with E-state index in [0.717, 1.165) is 33.4 Å². The lowest BCUT2D eigenvalue weighted by atomic mass is 9.95. The zero-order valence-corrected chi connectivity index (χ0v) is 36.2. The number of amidine groups is 1. The molecule has 0 atom stereocenters. The Morgan fingerprint density at radius 1 is 0.406 bits per heavy atom. The number of hydrogen-bond acceptors (Lipinski definition) is 2. The predicted octanol–water partition coefficient (Wildman–Crippen LogP) is 17.0. The molecule has 0 saturated heterocycles. The SMILES string of the molecule is C=C(N=C(N=C(C)c1ccc(-c2ccccc2)cc1)c1ccc(-c2ccccc2)cc1)c1cc2sc3c(-c4ccc(-c5cccc6ccccc56)cc4)cccc3c2c2ccccc12. The van der Waals surface area contributed by atoms with Crippen LogP contribution in [0.5, 0.6) is 0 Å². The minimum atomic E-state index is 0.615. The molecule has 0 saturated carbocycles. The van der Waals surface area contributed by atoms with Crippen LogP contribution in [0.2, 0.25) is 0 Å². The Balaban J connectivity index is 0.998. The van der Waals surface area contributed by atoms with Crippen molar-refractivity contribution in [1.29, 1.82) is 0 Å². The largest absolute Gasteiger partial charge is 0.233 e. The first-order valence-electron chi connectivity index (χ1n) is 21.7. The quantitative estimate of drug-likeness (QED) is 0.108. The smallest absolute Gasteiger partial charge is 0.160 e. The van der Waals surface area contributed by atoms with Gasteiger partial charge >= 0.3 is 0 Å². The fraction of sp³-hybridized carbons (Fsp3) is 0.0164. The maximum absolute atomic E-state index is 5.32. The van der Waals surface area contributed by atoms with E-state index in [1.165, 1.54) is 75.3 Å². The van der Waals surface area contributed by atoms with Crippen LogP contribution in [-0.4, -0.2) is 11.5 Å². The van der Waals surface area contributed by atoms with E-state index in [9.17, 15) is 0 Å². The summed E-state index contributed by atoms with van der Waals surface area (Å²) in [6.07, 6.45) is 0. The van der Waals surface area contributed by atoms with Crippen LogP contribution in [0.4, 0.5) is 0 Å². The van der Waals surface area contributed by atoms with E-state index < -0.39 is 0 Å². The molecule has 302 valence electrons. The van der Waals surface area contributed by atoms with Crippen molar-refractivity contribution in [2.24, 2.45) is 9.98 Å². The molecule has 3 heteroatoms. The number of rotatable bonds is 8. The first kappa shape index (κ1) is 38.9. The lowest BCUT2D eigenvalue weighted by molar-refractivity contribution is 1.45. The van der Waals surface area contributed by atoms with E-state index in [1.54, 1.807) is 0 Å². The summed E-state index contributed by atoms with van der Waals surface area (Å²) in [7, 11) is 0. The van der Waals surface area contributed by atoms with Gasteiger partial charge in [0.2, 0.25) is 0 Å². The summed E-state index contributed by atoms with van der Waals surface area (Å²) in [5.74, 6) is 0.615. The van der Waals surface area contributed by atoms with Crippen molar-refractivity contribution in [3.05, 3.63) is 248 Å². The van der Waals surface area contributed by atoms with Crippen LogP contribution in [0, 0.1) is 0 Å². The van der Waals surface area contributed by atoms with Gasteiger partial charge in [-0.1, -0.05) is 225 Å². The second kappa shape index (κ2) is 16.7. The molecule has 10 aromatic carbocycles. The van der Waals surface area contributed by atoms with Crippen molar-refractivity contribution in [2.45, 2.75) is 6.92 Å². The number of aliphatic imine (C=N–C) groups is 2. The van der Waals surface area contributed by atoms with Gasteiger partial charge in [0.05, 0.1) is 5.70 Å². The molecule has 0 spiro atoms. The molecule has 0 bridgehead atoms. The summed E-state index contributed by atoms with van der Waals surface area (Å²) in [5.41, 5.74) is 14.0. The first-order chi connectivity index (χ1) is 31.6. The van der Waals surface area contributed by atoms with Gasteiger partial charge in [0.25, 0.3) is 0 Å². The monoisotopic (exact) mass is 834 g/mol. The van der Waals surface area contributed by atoms with E-state index in [2.05, 4.69) is 226 Å². The molecule has 2 nitrogen and oxygen atoms in total. The molecular weight excluding hydrogens is 793 g/mol. The average Bonchev–Trinajstić information content (AvgIpc) is 3.76. The Morgan fingerprint density at radius 3 is 1.56 bits per heavy atom. The third-order valence-electron chi connectivity index (χ3n) is 12.3. The highest BCUT2D eigenvalue weighted by atomic mass is 32.1. The van der Waals surface area contributed by atoms with Gasteiger partial charge in [-0.15, -0.1) is 11.3 Å². The van der Waals surface area contributed by atoms with E-state index in [0.29, 0.717) is 11.5 Å². The van der Waals surface area contributed by atoms with Gasteiger partial charge in [0.1, 0.15) is 0 Å². The third-order valence-corrected chi connectivity index (χ3v) is 13.5. The summed E-state index contributed by atoms with van der Waals surface area (Å²) in [5, 5.41) is 7.33. The molecule has 64 heavy (non-hydrogen) atoms. The summed E-state index contributed by atoms with van der Waals surface area (Å²) in [6.45, 7) is 6.71. The molecule has 1 heterocycles. The molecule has 0 aliphatic heterocycles. The average molecular weight is 835 g/mol. The first-order valence-corrected chi connectivity index (χ1v) is 22.5. The highest BCUT2D eigenvalue weighted by Crippen LogP contribution is 2.45. The van der Waals surface area contributed by atoms with Gasteiger partial charge in [0, 0.05) is 37.0 Å². The van der Waals surface area contributed by atoms with Gasteiger partial charge in [-0.25, -0.2) is 9.98 Å². The van der Waals surface area contributed by atoms with E-state index in [1.807, 2.05) is 23.5 Å². The summed E-state index contributed by atoms with van der Waals surface area (Å²) in [6, 6.07) is 79.9. The van der Waals surface area contributed by atoms with Crippen LogP contribution in [-0.2, 0) is 0 Å². The van der Waals surface area contributed by atoms with Gasteiger partial charge in [-0.05, 0) is 84.6 Å². The van der Waals surface area contributed by atoms with Crippen molar-refractivity contribution < 1.29 is 0 Å². The number of fused-ring (bicyclic) bond motifs is 6. The zero-order chi connectivity index (χ0) is 43.0. The molecule has 0 aliphatic rings. The van der Waals surface area contributed by atoms with Crippen molar-refractivity contribution in [2.75, 3.05) is 0 Å². The van der Waals surface area contributed by atoms with Gasteiger partial charge < -0.3 is 0 Å². The summed E-state index contributed by atoms with van der Waals surface area (Å²) < 4.78 is 2.47. The molecule has 1 aromatic heterocycles. The van der Waals surface area contributed by atoms with Crippen LogP contribution in [0.3, 0.4) is 0 Å². The molecule has 0 N–H and O–H groups in total. The Bertz CT molecular complexity index is 3570. The highest BCUT2D eigenvalue weighted by molar-refractivity contribution is 7.26. The van der Waals surface area contributed by atoms with Crippen LogP contribution in [0.1, 0.15) is 23.6 Å². The number of benzene rings is 10. The molecule has 0 fully saturated rings. The predicted molar refractivity (Wildman–Crippen MR) is 277 cm³/mol. The van der Waals surface area contributed by atoms with Gasteiger partial charge in [-0.3, -0.25) is 0 Å². The van der Waals surface area contributed by atoms with Crippen LogP contribution in [0.25, 0.3) is 91.9 Å². The van der Waals surface area contributed by atoms with Gasteiger partial charge in [0.15, 0.2) is 5.84 Å². The zero-order valence-electron chi connectivity index (χ0n) is 35.4. The minimum absolute atomic E-state index is 0.615. The lowest BCUT2D eigenvalue weighted by Gasteiger charge is -2.11. The number of thiophene rings is 1. The Labute approximate surface area is 377 Å². The molecule has 0 amide bonds. The maximum Gasteiger partial charge on any atom is 0.160 e. The minimum Gasteiger partial charge on any atom is -0.233 e. The standard InChI is InChI=1S/C61H42N2S/c1-40(42-27-29-45(30-28-42)43-15-5-3-6-16-43)62-61(50-37-31-46(32-38-50)44-17-7-4-8-18-44)63-41(2)57-39-58-59(55-23-12-11-22-54(55)57)56-26-14-25-53(60(56)64-58)49-35-33-48(34-36-49)52-24-13-20-47-19-9-10-21-51(47)52/h3-39H,2H2,1H3. The van der Waals surface area contributed by atoms with Crippen LogP contribution in [0.15, 0.2) is 241 Å². The van der Waals surface area contributed by atoms with E-state index in [4.69, 9.17) is 9.98 Å². The fourth-order valence-electron chi connectivity index (χ4n) is 8.98. The molecule has 11 aromatic rings.